The SMILES string of the molecule is COc1cc2ccc1OCC(=O)N[C@@H]1CN(C(=O)c3ccc4nc(C)sc4c3)CC[C@H]1Oc1ccc(cc1)CNC(=O)CC2. The fourth-order valence-corrected chi connectivity index (χ4v) is 6.40. The van der Waals surface area contributed by atoms with E-state index in [1.807, 2.05) is 55.5 Å². The van der Waals surface area contributed by atoms with Crippen molar-refractivity contribution in [1.82, 2.24) is 20.5 Å². The van der Waals surface area contributed by atoms with Crippen LogP contribution in [0.25, 0.3) is 10.2 Å². The Balaban J connectivity index is 1.23. The average Bonchev–Trinajstić information content (AvgIpc) is 3.41. The van der Waals surface area contributed by atoms with Gasteiger partial charge in [-0.25, -0.2) is 4.98 Å². The standard InChI is InChI=1S/C33H34N4O6S/c1-20-35-25-10-7-23(16-30(25)44-20)33(40)37-14-13-27-26(18-37)36-32(39)19-42-28-11-5-21(15-29(28)41-2)6-12-31(38)34-17-22-3-8-24(43-27)9-4-22/h3-5,7-11,15-16,26-27H,6,12-14,17-19H2,1-2H3,(H,34,38)(H,36,39)/t26-,27-/m1/s1. The molecule has 228 valence electrons. The van der Waals surface area contributed by atoms with Gasteiger partial charge in [-0.1, -0.05) is 18.2 Å². The topological polar surface area (TPSA) is 119 Å². The van der Waals surface area contributed by atoms with Gasteiger partial charge in [-0.15, -0.1) is 11.3 Å². The zero-order valence-corrected chi connectivity index (χ0v) is 25.4. The summed E-state index contributed by atoms with van der Waals surface area (Å²) in [5.74, 6) is 1.05. The number of methoxy groups -OCH3 is 1. The highest BCUT2D eigenvalue weighted by Gasteiger charge is 2.35. The molecule has 1 aromatic heterocycles. The zero-order chi connectivity index (χ0) is 30.6. The van der Waals surface area contributed by atoms with Crippen LogP contribution in [0.15, 0.2) is 60.7 Å². The number of ether oxygens (including phenoxy) is 3. The van der Waals surface area contributed by atoms with E-state index in [1.54, 1.807) is 28.4 Å². The van der Waals surface area contributed by atoms with Gasteiger partial charge in [0.2, 0.25) is 5.91 Å². The minimum atomic E-state index is -0.480. The van der Waals surface area contributed by atoms with Crippen molar-refractivity contribution in [3.05, 3.63) is 82.4 Å². The summed E-state index contributed by atoms with van der Waals surface area (Å²) in [7, 11) is 1.53. The Hall–Kier alpha value is -4.64. The molecule has 6 heterocycles. The van der Waals surface area contributed by atoms with Crippen molar-refractivity contribution in [2.24, 2.45) is 0 Å². The third-order valence-electron chi connectivity index (χ3n) is 7.85. The summed E-state index contributed by atoms with van der Waals surface area (Å²) in [5, 5.41) is 6.97. The molecule has 2 atom stereocenters. The number of carbonyl (C=O) groups is 3. The lowest BCUT2D eigenvalue weighted by atomic mass is 10.0. The van der Waals surface area contributed by atoms with Crippen LogP contribution in [-0.2, 0) is 22.6 Å². The van der Waals surface area contributed by atoms with Crippen molar-refractivity contribution in [3.8, 4) is 17.2 Å². The van der Waals surface area contributed by atoms with E-state index in [0.717, 1.165) is 26.4 Å². The summed E-state index contributed by atoms with van der Waals surface area (Å²) in [6, 6.07) is 18.0. The van der Waals surface area contributed by atoms with E-state index in [-0.39, 0.29) is 37.0 Å². The monoisotopic (exact) mass is 614 g/mol. The molecule has 1 saturated heterocycles. The molecule has 4 bridgehead atoms. The van der Waals surface area contributed by atoms with Gasteiger partial charge in [-0.3, -0.25) is 14.4 Å². The van der Waals surface area contributed by atoms with Gasteiger partial charge in [0.05, 0.1) is 28.4 Å². The molecule has 3 amide bonds. The number of hydrogen-bond acceptors (Lipinski definition) is 8. The molecular weight excluding hydrogens is 580 g/mol. The summed E-state index contributed by atoms with van der Waals surface area (Å²) in [5.41, 5.74) is 3.32. The number of aryl methyl sites for hydroxylation is 2. The van der Waals surface area contributed by atoms with Gasteiger partial charge in [0.15, 0.2) is 18.1 Å². The van der Waals surface area contributed by atoms with E-state index >= 15 is 0 Å². The number of piperidine rings is 1. The number of benzene rings is 3. The molecule has 0 radical (unpaired) electrons. The number of carbonyl (C=O) groups excluding carboxylic acids is 3. The molecule has 4 aromatic rings. The largest absolute Gasteiger partial charge is 0.493 e. The molecule has 0 saturated carbocycles. The second-order valence-electron chi connectivity index (χ2n) is 11.0. The van der Waals surface area contributed by atoms with E-state index in [4.69, 9.17) is 14.2 Å². The van der Waals surface area contributed by atoms with E-state index in [1.165, 1.54) is 7.11 Å². The first-order chi connectivity index (χ1) is 21.3. The Bertz CT molecular complexity index is 1690. The van der Waals surface area contributed by atoms with E-state index in [0.29, 0.717) is 55.2 Å². The van der Waals surface area contributed by atoms with Crippen LogP contribution < -0.4 is 24.8 Å². The van der Waals surface area contributed by atoms with Crippen molar-refractivity contribution in [2.45, 2.75) is 44.9 Å². The fraction of sp³-hybridized carbons (Fsp3) is 0.333. The first kappa shape index (κ1) is 29.4. The van der Waals surface area contributed by atoms with Crippen molar-refractivity contribution in [1.29, 1.82) is 0 Å². The number of aromatic nitrogens is 1. The summed E-state index contributed by atoms with van der Waals surface area (Å²) in [4.78, 5) is 45.5. The fourth-order valence-electron chi connectivity index (χ4n) is 5.54. The van der Waals surface area contributed by atoms with Crippen molar-refractivity contribution < 1.29 is 28.6 Å². The number of thiazole rings is 1. The molecule has 10 nitrogen and oxygen atoms in total. The molecule has 0 spiro atoms. The highest BCUT2D eigenvalue weighted by atomic mass is 32.1. The van der Waals surface area contributed by atoms with E-state index in [2.05, 4.69) is 15.6 Å². The van der Waals surface area contributed by atoms with Crippen LogP contribution in [0.1, 0.15) is 39.3 Å². The number of fused-ring (bicyclic) bond motifs is 1. The zero-order valence-electron chi connectivity index (χ0n) is 24.6. The Kier molecular flexibility index (Phi) is 8.65. The molecule has 5 aliphatic rings. The van der Waals surface area contributed by atoms with E-state index < -0.39 is 6.04 Å². The van der Waals surface area contributed by atoms with Crippen LogP contribution in [-0.4, -0.2) is 66.6 Å². The summed E-state index contributed by atoms with van der Waals surface area (Å²) in [6.45, 7) is 2.85. The summed E-state index contributed by atoms with van der Waals surface area (Å²) in [6.07, 6.45) is 1.01. The number of likely N-dealkylation sites (tertiary alicyclic amines) is 1. The molecule has 9 rings (SSSR count). The number of amides is 3. The maximum absolute atomic E-state index is 13.6. The second-order valence-corrected chi connectivity index (χ2v) is 12.2. The second kappa shape index (κ2) is 12.9. The number of hydrogen-bond donors (Lipinski definition) is 2. The lowest BCUT2D eigenvalue weighted by molar-refractivity contribution is -0.125. The maximum atomic E-state index is 13.6. The molecule has 44 heavy (non-hydrogen) atoms. The lowest BCUT2D eigenvalue weighted by Crippen LogP contribution is -2.58. The van der Waals surface area contributed by atoms with Crippen molar-refractivity contribution >= 4 is 39.3 Å². The molecule has 0 unspecified atom stereocenters. The summed E-state index contributed by atoms with van der Waals surface area (Å²) >= 11 is 1.55. The molecule has 3 aromatic carbocycles. The van der Waals surface area contributed by atoms with Crippen molar-refractivity contribution in [2.75, 3.05) is 26.8 Å². The van der Waals surface area contributed by atoms with Gasteiger partial charge in [0.25, 0.3) is 11.8 Å². The van der Waals surface area contributed by atoms with Crippen LogP contribution in [0.2, 0.25) is 0 Å². The molecule has 0 aliphatic carbocycles. The van der Waals surface area contributed by atoms with Crippen LogP contribution >= 0.6 is 11.3 Å². The van der Waals surface area contributed by atoms with Gasteiger partial charge in [0, 0.05) is 38.0 Å². The quantitative estimate of drug-likeness (QED) is 0.350. The Morgan fingerprint density at radius 1 is 1.02 bits per heavy atom. The van der Waals surface area contributed by atoms with Crippen LogP contribution in [0.3, 0.4) is 0 Å². The maximum Gasteiger partial charge on any atom is 0.258 e. The Morgan fingerprint density at radius 3 is 2.66 bits per heavy atom. The third-order valence-corrected chi connectivity index (χ3v) is 8.79. The van der Waals surface area contributed by atoms with Gasteiger partial charge in [0.1, 0.15) is 11.9 Å². The van der Waals surface area contributed by atoms with E-state index in [9.17, 15) is 14.4 Å². The highest BCUT2D eigenvalue weighted by molar-refractivity contribution is 7.18. The first-order valence-electron chi connectivity index (χ1n) is 14.6. The molecular formula is C33H34N4O6S. The third kappa shape index (κ3) is 6.78. The Labute approximate surface area is 259 Å². The lowest BCUT2D eigenvalue weighted by Gasteiger charge is -2.39. The molecule has 5 aliphatic heterocycles. The molecule has 11 heteroatoms. The van der Waals surface area contributed by atoms with Gasteiger partial charge >= 0.3 is 0 Å². The van der Waals surface area contributed by atoms with Gasteiger partial charge < -0.3 is 29.7 Å². The summed E-state index contributed by atoms with van der Waals surface area (Å²) < 4.78 is 18.7. The minimum Gasteiger partial charge on any atom is -0.493 e. The first-order valence-corrected chi connectivity index (χ1v) is 15.4. The smallest absolute Gasteiger partial charge is 0.258 e. The van der Waals surface area contributed by atoms with Crippen LogP contribution in [0.5, 0.6) is 17.2 Å². The van der Waals surface area contributed by atoms with Crippen LogP contribution in [0.4, 0.5) is 0 Å². The number of nitrogens with zero attached hydrogens (tertiary/aromatic N) is 2. The average molecular weight is 615 g/mol. The highest BCUT2D eigenvalue weighted by Crippen LogP contribution is 2.29. The van der Waals surface area contributed by atoms with Crippen molar-refractivity contribution in [3.63, 3.8) is 0 Å². The van der Waals surface area contributed by atoms with Gasteiger partial charge in [-0.2, -0.15) is 0 Å². The molecule has 2 N–H and O–H groups in total. The predicted molar refractivity (Wildman–Crippen MR) is 166 cm³/mol. The number of nitrogens with one attached hydrogen (secondary N) is 2. The Morgan fingerprint density at radius 2 is 1.84 bits per heavy atom. The minimum absolute atomic E-state index is 0.0538. The number of rotatable bonds is 2. The molecule has 1 fully saturated rings. The predicted octanol–water partition coefficient (Wildman–Crippen LogP) is 4.03. The van der Waals surface area contributed by atoms with Crippen LogP contribution in [0, 0.1) is 6.92 Å². The normalized spacial score (nSPS) is 19.4. The van der Waals surface area contributed by atoms with Gasteiger partial charge in [-0.05, 0) is 66.9 Å².